The maximum atomic E-state index is 10.5. The highest BCUT2D eigenvalue weighted by atomic mass is 16.6. The van der Waals surface area contributed by atoms with Crippen LogP contribution < -0.4 is 0 Å². The topological polar surface area (TPSA) is 43.1 Å². The van der Waals surface area contributed by atoms with Crippen LogP contribution >= 0.6 is 0 Å². The van der Waals surface area contributed by atoms with E-state index in [4.69, 9.17) is 0 Å². The maximum Gasteiger partial charge on any atom is 0.269 e. The monoisotopic (exact) mass is 207 g/mol. The summed E-state index contributed by atoms with van der Waals surface area (Å²) in [5, 5.41) is 10.5. The van der Waals surface area contributed by atoms with Gasteiger partial charge < -0.3 is 0 Å². The van der Waals surface area contributed by atoms with Crippen molar-refractivity contribution < 1.29 is 4.92 Å². The molecule has 0 N–H and O–H groups in total. The molecule has 1 atom stereocenters. The lowest BCUT2D eigenvalue weighted by atomic mass is 9.92. The summed E-state index contributed by atoms with van der Waals surface area (Å²) in [5.41, 5.74) is 1.38. The van der Waals surface area contributed by atoms with Crippen LogP contribution in [0.3, 0.4) is 0 Å². The Morgan fingerprint density at radius 1 is 1.27 bits per heavy atom. The summed E-state index contributed by atoms with van der Waals surface area (Å²) in [6.45, 7) is 4.32. The molecule has 1 rings (SSSR count). The van der Waals surface area contributed by atoms with Crippen molar-refractivity contribution in [2.24, 2.45) is 0 Å². The molecule has 3 heteroatoms. The minimum atomic E-state index is -0.357. The third-order valence-corrected chi connectivity index (χ3v) is 2.71. The van der Waals surface area contributed by atoms with Gasteiger partial charge in [0.15, 0.2) is 0 Å². The average Bonchev–Trinajstić information content (AvgIpc) is 2.26. The molecule has 0 heterocycles. The highest BCUT2D eigenvalue weighted by molar-refractivity contribution is 5.34. The molecule has 1 aromatic carbocycles. The van der Waals surface area contributed by atoms with Gasteiger partial charge in [-0.3, -0.25) is 10.1 Å². The zero-order valence-electron chi connectivity index (χ0n) is 9.27. The van der Waals surface area contributed by atoms with E-state index < -0.39 is 0 Å². The number of benzene rings is 1. The number of non-ortho nitro benzene ring substituents is 1. The largest absolute Gasteiger partial charge is 0.269 e. The van der Waals surface area contributed by atoms with Crippen LogP contribution in [0.15, 0.2) is 24.3 Å². The molecule has 0 aliphatic heterocycles. The number of nitrogens with zero attached hydrogens (tertiary/aromatic N) is 1. The molecule has 0 spiro atoms. The van der Waals surface area contributed by atoms with Gasteiger partial charge in [-0.05, 0) is 24.3 Å². The van der Waals surface area contributed by atoms with Crippen molar-refractivity contribution in [1.29, 1.82) is 0 Å². The molecule has 0 saturated heterocycles. The smallest absolute Gasteiger partial charge is 0.258 e. The molecule has 0 aromatic heterocycles. The van der Waals surface area contributed by atoms with Crippen LogP contribution in [0.5, 0.6) is 0 Å². The minimum Gasteiger partial charge on any atom is -0.258 e. The van der Waals surface area contributed by atoms with Gasteiger partial charge in [-0.25, -0.2) is 0 Å². The van der Waals surface area contributed by atoms with Crippen LogP contribution in [-0.4, -0.2) is 4.92 Å². The van der Waals surface area contributed by atoms with Gasteiger partial charge in [-0.15, -0.1) is 0 Å². The van der Waals surface area contributed by atoms with Crippen molar-refractivity contribution in [2.75, 3.05) is 0 Å². The van der Waals surface area contributed by atoms with Gasteiger partial charge in [-0.1, -0.05) is 32.4 Å². The van der Waals surface area contributed by atoms with Gasteiger partial charge in [0.05, 0.1) is 4.92 Å². The molecule has 0 saturated carbocycles. The quantitative estimate of drug-likeness (QED) is 0.543. The molecule has 0 aliphatic rings. The summed E-state index contributed by atoms with van der Waals surface area (Å²) in [6.07, 6.45) is 3.38. The Bertz CT molecular complexity index is 319. The van der Waals surface area contributed by atoms with Crippen LogP contribution in [0.25, 0.3) is 0 Å². The standard InChI is InChI=1S/C12H17NO2/c1-3-5-10(4-2)11-6-8-12(9-7-11)13(14)15/h6-10H,3-5H2,1-2H3. The summed E-state index contributed by atoms with van der Waals surface area (Å²) in [7, 11) is 0. The predicted molar refractivity (Wildman–Crippen MR) is 61.0 cm³/mol. The third-order valence-electron chi connectivity index (χ3n) is 2.71. The third kappa shape index (κ3) is 3.05. The summed E-state index contributed by atoms with van der Waals surface area (Å²) < 4.78 is 0. The molecule has 0 radical (unpaired) electrons. The van der Waals surface area contributed by atoms with E-state index >= 15 is 0 Å². The Morgan fingerprint density at radius 3 is 2.27 bits per heavy atom. The van der Waals surface area contributed by atoms with E-state index in [1.165, 1.54) is 5.56 Å². The molecule has 1 aromatic rings. The van der Waals surface area contributed by atoms with E-state index in [2.05, 4.69) is 13.8 Å². The SMILES string of the molecule is CCCC(CC)c1ccc([N+](=O)[O-])cc1. The lowest BCUT2D eigenvalue weighted by Crippen LogP contribution is -1.97. The summed E-state index contributed by atoms with van der Waals surface area (Å²) in [6, 6.07) is 6.94. The second-order valence-electron chi connectivity index (χ2n) is 3.74. The zero-order chi connectivity index (χ0) is 11.3. The first-order valence-corrected chi connectivity index (χ1v) is 5.43. The first-order chi connectivity index (χ1) is 7.19. The fourth-order valence-electron chi connectivity index (χ4n) is 1.82. The number of nitro groups is 1. The number of nitro benzene ring substituents is 1. The van der Waals surface area contributed by atoms with Crippen molar-refractivity contribution in [3.05, 3.63) is 39.9 Å². The molecule has 3 nitrogen and oxygen atoms in total. The molecular weight excluding hydrogens is 190 g/mol. The molecule has 15 heavy (non-hydrogen) atoms. The fourth-order valence-corrected chi connectivity index (χ4v) is 1.82. The summed E-state index contributed by atoms with van der Waals surface area (Å²) in [5.74, 6) is 0.538. The van der Waals surface area contributed by atoms with Crippen molar-refractivity contribution in [1.82, 2.24) is 0 Å². The second kappa shape index (κ2) is 5.49. The van der Waals surface area contributed by atoms with E-state index in [-0.39, 0.29) is 10.6 Å². The number of rotatable bonds is 5. The molecule has 0 amide bonds. The van der Waals surface area contributed by atoms with Gasteiger partial charge in [0.2, 0.25) is 0 Å². The Balaban J connectivity index is 2.81. The molecule has 0 bridgehead atoms. The molecule has 0 fully saturated rings. The lowest BCUT2D eigenvalue weighted by Gasteiger charge is -2.13. The van der Waals surface area contributed by atoms with Crippen LogP contribution in [0, 0.1) is 10.1 Å². The molecule has 0 aliphatic carbocycles. The first-order valence-electron chi connectivity index (χ1n) is 5.43. The molecule has 1 unspecified atom stereocenters. The van der Waals surface area contributed by atoms with Crippen LogP contribution in [0.1, 0.15) is 44.6 Å². The Hall–Kier alpha value is -1.38. The zero-order valence-corrected chi connectivity index (χ0v) is 9.27. The Morgan fingerprint density at radius 2 is 1.87 bits per heavy atom. The lowest BCUT2D eigenvalue weighted by molar-refractivity contribution is -0.384. The molecule has 82 valence electrons. The van der Waals surface area contributed by atoms with Crippen molar-refractivity contribution >= 4 is 5.69 Å². The highest BCUT2D eigenvalue weighted by Gasteiger charge is 2.10. The van der Waals surface area contributed by atoms with Gasteiger partial charge >= 0.3 is 0 Å². The van der Waals surface area contributed by atoms with Crippen LogP contribution in [0.4, 0.5) is 5.69 Å². The first kappa shape index (κ1) is 11.7. The van der Waals surface area contributed by atoms with Gasteiger partial charge in [0, 0.05) is 12.1 Å². The van der Waals surface area contributed by atoms with Crippen LogP contribution in [0.2, 0.25) is 0 Å². The van der Waals surface area contributed by atoms with E-state index in [9.17, 15) is 10.1 Å². The van der Waals surface area contributed by atoms with E-state index in [1.807, 2.05) is 12.1 Å². The van der Waals surface area contributed by atoms with Gasteiger partial charge in [-0.2, -0.15) is 0 Å². The van der Waals surface area contributed by atoms with Gasteiger partial charge in [0.1, 0.15) is 0 Å². The van der Waals surface area contributed by atoms with E-state index in [0.717, 1.165) is 19.3 Å². The maximum absolute atomic E-state index is 10.5. The number of hydrogen-bond donors (Lipinski definition) is 0. The average molecular weight is 207 g/mol. The Labute approximate surface area is 90.3 Å². The fraction of sp³-hybridized carbons (Fsp3) is 0.500. The van der Waals surface area contributed by atoms with Crippen LogP contribution in [-0.2, 0) is 0 Å². The summed E-state index contributed by atoms with van der Waals surface area (Å²) >= 11 is 0. The minimum absolute atomic E-state index is 0.171. The van der Waals surface area contributed by atoms with Crippen molar-refractivity contribution in [3.63, 3.8) is 0 Å². The second-order valence-corrected chi connectivity index (χ2v) is 3.74. The normalized spacial score (nSPS) is 12.4. The highest BCUT2D eigenvalue weighted by Crippen LogP contribution is 2.26. The Kier molecular flexibility index (Phi) is 4.28. The summed E-state index contributed by atoms with van der Waals surface area (Å²) in [4.78, 5) is 10.1. The van der Waals surface area contributed by atoms with Crippen molar-refractivity contribution in [2.45, 2.75) is 39.0 Å². The predicted octanol–water partition coefficient (Wildman–Crippen LogP) is 3.89. The van der Waals surface area contributed by atoms with E-state index in [0.29, 0.717) is 5.92 Å². The molecular formula is C12H17NO2. The van der Waals surface area contributed by atoms with E-state index in [1.54, 1.807) is 12.1 Å². The van der Waals surface area contributed by atoms with Gasteiger partial charge in [0.25, 0.3) is 5.69 Å². The number of hydrogen-bond acceptors (Lipinski definition) is 2. The van der Waals surface area contributed by atoms with Crippen molar-refractivity contribution in [3.8, 4) is 0 Å².